The van der Waals surface area contributed by atoms with E-state index in [4.69, 9.17) is 9.97 Å². The number of benzene rings is 8. The van der Waals surface area contributed by atoms with Crippen LogP contribution in [0, 0.1) is 0 Å². The van der Waals surface area contributed by atoms with E-state index in [0.717, 1.165) is 28.1 Å². The lowest BCUT2D eigenvalue weighted by molar-refractivity contribution is 0.775. The van der Waals surface area contributed by atoms with Crippen molar-refractivity contribution in [2.24, 2.45) is 0 Å². The zero-order valence-electron chi connectivity index (χ0n) is 32.0. The van der Waals surface area contributed by atoms with E-state index in [1.165, 1.54) is 77.5 Å². The van der Waals surface area contributed by atoms with Crippen molar-refractivity contribution in [1.82, 2.24) is 15.0 Å². The maximum absolute atomic E-state index is 5.31. The molecule has 0 aliphatic heterocycles. The van der Waals surface area contributed by atoms with Gasteiger partial charge in [-0.05, 0) is 102 Å². The third kappa shape index (κ3) is 5.05. The topological polar surface area (TPSA) is 38.7 Å². The Morgan fingerprint density at radius 1 is 0.322 bits per heavy atom. The molecule has 0 unspecified atom stereocenters. The molecule has 3 nitrogen and oxygen atoms in total. The minimum absolute atomic E-state index is 0.576. The van der Waals surface area contributed by atoms with Crippen LogP contribution in [-0.4, -0.2) is 15.0 Å². The number of hydrogen-bond acceptors (Lipinski definition) is 3. The van der Waals surface area contributed by atoms with Gasteiger partial charge in [-0.2, -0.15) is 0 Å². The molecule has 1 spiro atoms. The van der Waals surface area contributed by atoms with Gasteiger partial charge in [0, 0.05) is 29.1 Å². The first-order valence-corrected chi connectivity index (χ1v) is 20.2. The predicted octanol–water partition coefficient (Wildman–Crippen LogP) is 13.7. The summed E-state index contributed by atoms with van der Waals surface area (Å²) >= 11 is 0. The van der Waals surface area contributed by atoms with Crippen molar-refractivity contribution in [2.45, 2.75) is 5.41 Å². The molecule has 10 aromatic rings. The lowest BCUT2D eigenvalue weighted by Crippen LogP contribution is -2.29. The van der Waals surface area contributed by atoms with Gasteiger partial charge in [-0.1, -0.05) is 176 Å². The Morgan fingerprint density at radius 2 is 0.831 bits per heavy atom. The van der Waals surface area contributed by atoms with E-state index < -0.39 is 5.41 Å². The van der Waals surface area contributed by atoms with Crippen molar-refractivity contribution in [3.8, 4) is 78.4 Å². The van der Waals surface area contributed by atoms with Gasteiger partial charge in [0.2, 0.25) is 0 Å². The molecule has 2 heterocycles. The Bertz CT molecular complexity index is 3220. The molecule has 2 aliphatic carbocycles. The zero-order chi connectivity index (χ0) is 38.9. The monoisotopic (exact) mass is 749 g/mol. The van der Waals surface area contributed by atoms with E-state index in [2.05, 4.69) is 193 Å². The van der Waals surface area contributed by atoms with Gasteiger partial charge in [0.1, 0.15) is 0 Å². The van der Waals surface area contributed by atoms with Crippen LogP contribution in [0.5, 0.6) is 0 Å². The second-order valence-electron chi connectivity index (χ2n) is 15.5. The predicted molar refractivity (Wildman–Crippen MR) is 241 cm³/mol. The number of fused-ring (bicyclic) bond motifs is 13. The van der Waals surface area contributed by atoms with E-state index >= 15 is 0 Å². The van der Waals surface area contributed by atoms with Crippen LogP contribution in [0.1, 0.15) is 22.3 Å². The van der Waals surface area contributed by atoms with Crippen molar-refractivity contribution in [3.63, 3.8) is 0 Å². The molecule has 3 heteroatoms. The van der Waals surface area contributed by atoms with Gasteiger partial charge in [-0.25, -0.2) is 9.97 Å². The average Bonchev–Trinajstić information content (AvgIpc) is 3.56. The maximum Gasteiger partial charge on any atom is 0.161 e. The number of nitrogens with zero attached hydrogens (tertiary/aromatic N) is 3. The highest BCUT2D eigenvalue weighted by molar-refractivity contribution is 5.99. The summed E-state index contributed by atoms with van der Waals surface area (Å²) in [6.07, 6.45) is 3.64. The molecule has 0 bridgehead atoms. The summed E-state index contributed by atoms with van der Waals surface area (Å²) in [5, 5.41) is 2.47. The molecule has 2 aromatic heterocycles. The Hall–Kier alpha value is -7.75. The normalized spacial score (nSPS) is 12.9. The van der Waals surface area contributed by atoms with E-state index in [-0.39, 0.29) is 0 Å². The van der Waals surface area contributed by atoms with Gasteiger partial charge in [0.15, 0.2) is 5.82 Å². The second-order valence-corrected chi connectivity index (χ2v) is 15.5. The number of rotatable bonds is 4. The molecular formula is C56H35N3. The Kier molecular flexibility index (Phi) is 7.45. The van der Waals surface area contributed by atoms with Gasteiger partial charge in [-0.15, -0.1) is 0 Å². The molecule has 0 radical (unpaired) electrons. The highest BCUT2D eigenvalue weighted by Gasteiger charge is 2.49. The van der Waals surface area contributed by atoms with Gasteiger partial charge in [0.25, 0.3) is 0 Å². The van der Waals surface area contributed by atoms with Crippen molar-refractivity contribution in [1.29, 1.82) is 0 Å². The first-order valence-electron chi connectivity index (χ1n) is 20.2. The quantitative estimate of drug-likeness (QED) is 0.180. The number of hydrogen-bond donors (Lipinski definition) is 0. The smallest absolute Gasteiger partial charge is 0.161 e. The minimum Gasteiger partial charge on any atom is -0.264 e. The number of pyridine rings is 1. The van der Waals surface area contributed by atoms with Crippen molar-refractivity contribution < 1.29 is 0 Å². The van der Waals surface area contributed by atoms with E-state index in [1.54, 1.807) is 6.20 Å². The van der Waals surface area contributed by atoms with Crippen molar-refractivity contribution >= 4 is 10.8 Å². The van der Waals surface area contributed by atoms with Crippen LogP contribution in [0.15, 0.2) is 213 Å². The summed E-state index contributed by atoms with van der Waals surface area (Å²) in [6, 6.07) is 72.8. The average molecular weight is 750 g/mol. The lowest BCUT2D eigenvalue weighted by atomic mass is 9.65. The Balaban J connectivity index is 1.10. The minimum atomic E-state index is -0.576. The molecule has 0 saturated heterocycles. The Morgan fingerprint density at radius 3 is 1.49 bits per heavy atom. The largest absolute Gasteiger partial charge is 0.264 e. The van der Waals surface area contributed by atoms with Crippen LogP contribution in [0.25, 0.3) is 89.2 Å². The fraction of sp³-hybridized carbons (Fsp3) is 0.0179. The molecule has 0 fully saturated rings. The second kappa shape index (κ2) is 13.2. The highest BCUT2D eigenvalue weighted by atomic mass is 14.9. The van der Waals surface area contributed by atoms with Gasteiger partial charge in [-0.3, -0.25) is 4.98 Å². The third-order valence-electron chi connectivity index (χ3n) is 12.4. The van der Waals surface area contributed by atoms with Crippen LogP contribution in [0.4, 0.5) is 0 Å². The molecule has 12 rings (SSSR count). The summed E-state index contributed by atoms with van der Waals surface area (Å²) < 4.78 is 0. The Labute approximate surface area is 343 Å². The van der Waals surface area contributed by atoms with Crippen LogP contribution >= 0.6 is 0 Å². The van der Waals surface area contributed by atoms with Gasteiger partial charge < -0.3 is 0 Å². The summed E-state index contributed by atoms with van der Waals surface area (Å²) in [5.41, 5.74) is 19.1. The molecule has 0 atom stereocenters. The standard InChI is InChI=1S/C56H35N3/c1-2-16-41-36(13-1)14-11-22-42(41)37-26-28-38(29-27-37)53-34-54(59-55(58-53)40-15-12-32-57-35-40)39-30-31-48-44-18-4-3-17-43(44)45-19-5-8-23-49(45)56(52(48)33-39)50-24-9-6-20-46(50)47-21-7-10-25-51(47)56/h1-35H. The molecule has 59 heavy (non-hydrogen) atoms. The van der Waals surface area contributed by atoms with Crippen LogP contribution in [0.3, 0.4) is 0 Å². The summed E-state index contributed by atoms with van der Waals surface area (Å²) in [5.74, 6) is 0.639. The highest BCUT2D eigenvalue weighted by Crippen LogP contribution is 2.61. The number of aromatic nitrogens is 3. The van der Waals surface area contributed by atoms with Crippen LogP contribution in [-0.2, 0) is 5.41 Å². The molecule has 274 valence electrons. The third-order valence-corrected chi connectivity index (χ3v) is 12.4. The maximum atomic E-state index is 5.31. The summed E-state index contributed by atoms with van der Waals surface area (Å²) in [4.78, 5) is 15.0. The van der Waals surface area contributed by atoms with Crippen molar-refractivity contribution in [2.75, 3.05) is 0 Å². The van der Waals surface area contributed by atoms with Crippen LogP contribution in [0.2, 0.25) is 0 Å². The summed E-state index contributed by atoms with van der Waals surface area (Å²) in [6.45, 7) is 0. The van der Waals surface area contributed by atoms with Crippen molar-refractivity contribution in [3.05, 3.63) is 235 Å². The molecule has 0 amide bonds. The first-order chi connectivity index (χ1) is 29.3. The molecular weight excluding hydrogens is 715 g/mol. The van der Waals surface area contributed by atoms with E-state index in [9.17, 15) is 0 Å². The van der Waals surface area contributed by atoms with E-state index in [0.29, 0.717) is 5.82 Å². The fourth-order valence-electron chi connectivity index (χ4n) is 9.87. The molecule has 8 aromatic carbocycles. The summed E-state index contributed by atoms with van der Waals surface area (Å²) in [7, 11) is 0. The van der Waals surface area contributed by atoms with Crippen LogP contribution < -0.4 is 0 Å². The molecule has 0 saturated carbocycles. The SMILES string of the molecule is c1cncc(-c2nc(-c3ccc(-c4cccc5ccccc45)cc3)cc(-c3ccc4c(c3)C3(c5ccccc5-c5ccccc5-4)c4ccccc4-c4ccccc43)n2)c1. The lowest BCUT2D eigenvalue weighted by Gasteiger charge is -2.35. The van der Waals surface area contributed by atoms with E-state index in [1.807, 2.05) is 18.3 Å². The van der Waals surface area contributed by atoms with Gasteiger partial charge in [0.05, 0.1) is 16.8 Å². The van der Waals surface area contributed by atoms with Gasteiger partial charge >= 0.3 is 0 Å². The fourth-order valence-corrected chi connectivity index (χ4v) is 9.87. The molecule has 0 N–H and O–H groups in total. The zero-order valence-corrected chi connectivity index (χ0v) is 32.0. The first kappa shape index (κ1) is 33.4. The molecule has 2 aliphatic rings.